The lowest BCUT2D eigenvalue weighted by Gasteiger charge is -2.32. The maximum atomic E-state index is 12.3. The van der Waals surface area contributed by atoms with Crippen LogP contribution in [0.25, 0.3) is 5.57 Å². The SMILES string of the molecule is CC(C)Oc1ccc2c(c1)C(C(C)C)=C(C(=O)O)C(c1ccc3c(c1)OCO3)O2. The standard InChI is InChI=1S/C23H24O6/c1-12(2)20-16-10-15(28-13(3)4)6-8-17(16)29-22(21(20)23(24)25)14-5-7-18-19(9-14)27-11-26-18/h5-10,12-13,22H,11H2,1-4H3,(H,24,25). The molecule has 0 amide bonds. The first-order valence-electron chi connectivity index (χ1n) is 9.69. The molecule has 4 rings (SSSR count). The fourth-order valence-electron chi connectivity index (χ4n) is 3.80. The van der Waals surface area contributed by atoms with E-state index in [2.05, 4.69) is 0 Å². The summed E-state index contributed by atoms with van der Waals surface area (Å²) >= 11 is 0. The number of hydrogen-bond acceptors (Lipinski definition) is 5. The molecule has 0 radical (unpaired) electrons. The van der Waals surface area contributed by atoms with Gasteiger partial charge < -0.3 is 24.1 Å². The van der Waals surface area contributed by atoms with Gasteiger partial charge in [-0.1, -0.05) is 19.9 Å². The van der Waals surface area contributed by atoms with Crippen LogP contribution in [-0.4, -0.2) is 24.0 Å². The fourth-order valence-corrected chi connectivity index (χ4v) is 3.80. The molecule has 0 spiro atoms. The minimum atomic E-state index is -1.00. The van der Waals surface area contributed by atoms with E-state index < -0.39 is 12.1 Å². The quantitative estimate of drug-likeness (QED) is 0.780. The highest BCUT2D eigenvalue weighted by Gasteiger charge is 2.36. The van der Waals surface area contributed by atoms with Crippen LogP contribution in [0.5, 0.6) is 23.0 Å². The zero-order valence-electron chi connectivity index (χ0n) is 16.9. The smallest absolute Gasteiger partial charge is 0.336 e. The highest BCUT2D eigenvalue weighted by atomic mass is 16.7. The van der Waals surface area contributed by atoms with Gasteiger partial charge in [0.2, 0.25) is 6.79 Å². The van der Waals surface area contributed by atoms with Gasteiger partial charge >= 0.3 is 5.97 Å². The van der Waals surface area contributed by atoms with E-state index in [1.54, 1.807) is 12.1 Å². The molecular weight excluding hydrogens is 372 g/mol. The van der Waals surface area contributed by atoms with Crippen LogP contribution in [0.2, 0.25) is 0 Å². The summed E-state index contributed by atoms with van der Waals surface area (Å²) in [5, 5.41) is 10.1. The maximum absolute atomic E-state index is 12.3. The van der Waals surface area contributed by atoms with Crippen LogP contribution >= 0.6 is 0 Å². The second-order valence-electron chi connectivity index (χ2n) is 7.72. The number of allylic oxidation sites excluding steroid dienone is 1. The van der Waals surface area contributed by atoms with Crippen molar-refractivity contribution in [3.05, 3.63) is 53.1 Å². The van der Waals surface area contributed by atoms with E-state index in [0.717, 1.165) is 11.1 Å². The van der Waals surface area contributed by atoms with Gasteiger partial charge in [0.1, 0.15) is 11.5 Å². The van der Waals surface area contributed by atoms with Crippen molar-refractivity contribution in [3.63, 3.8) is 0 Å². The number of benzene rings is 2. The average molecular weight is 396 g/mol. The molecule has 0 saturated carbocycles. The van der Waals surface area contributed by atoms with E-state index in [-0.39, 0.29) is 24.4 Å². The highest BCUT2D eigenvalue weighted by molar-refractivity contribution is 6.00. The van der Waals surface area contributed by atoms with Crippen molar-refractivity contribution in [3.8, 4) is 23.0 Å². The lowest BCUT2D eigenvalue weighted by Crippen LogP contribution is -2.24. The Morgan fingerprint density at radius 1 is 1.03 bits per heavy atom. The largest absolute Gasteiger partial charge is 0.491 e. The lowest BCUT2D eigenvalue weighted by molar-refractivity contribution is -0.133. The molecule has 6 nitrogen and oxygen atoms in total. The summed E-state index contributed by atoms with van der Waals surface area (Å²) < 4.78 is 22.8. The van der Waals surface area contributed by atoms with E-state index in [1.165, 1.54) is 0 Å². The summed E-state index contributed by atoms with van der Waals surface area (Å²) in [6.45, 7) is 8.03. The van der Waals surface area contributed by atoms with Crippen LogP contribution < -0.4 is 18.9 Å². The van der Waals surface area contributed by atoms with Crippen LogP contribution in [0.1, 0.15) is 44.9 Å². The zero-order valence-corrected chi connectivity index (χ0v) is 16.9. The number of carbonyl (C=O) groups is 1. The Morgan fingerprint density at radius 3 is 2.45 bits per heavy atom. The first kappa shape index (κ1) is 19.2. The van der Waals surface area contributed by atoms with E-state index in [4.69, 9.17) is 18.9 Å². The first-order valence-corrected chi connectivity index (χ1v) is 9.69. The normalized spacial score (nSPS) is 17.4. The van der Waals surface area contributed by atoms with Gasteiger partial charge in [-0.25, -0.2) is 4.79 Å². The molecule has 1 atom stereocenters. The number of carboxylic acids is 1. The van der Waals surface area contributed by atoms with Gasteiger partial charge in [0.15, 0.2) is 17.6 Å². The Kier molecular flexibility index (Phi) is 4.86. The molecule has 0 bridgehead atoms. The summed E-state index contributed by atoms with van der Waals surface area (Å²) in [6, 6.07) is 10.9. The summed E-state index contributed by atoms with van der Waals surface area (Å²) in [7, 11) is 0. The van der Waals surface area contributed by atoms with Crippen molar-refractivity contribution < 1.29 is 28.8 Å². The fraction of sp³-hybridized carbons (Fsp3) is 0.348. The third kappa shape index (κ3) is 3.50. The van der Waals surface area contributed by atoms with Crippen molar-refractivity contribution >= 4 is 11.5 Å². The minimum Gasteiger partial charge on any atom is -0.491 e. The van der Waals surface area contributed by atoms with Crippen LogP contribution in [0.15, 0.2) is 42.0 Å². The van der Waals surface area contributed by atoms with Gasteiger partial charge in [-0.2, -0.15) is 0 Å². The molecule has 1 N–H and O–H groups in total. The second kappa shape index (κ2) is 7.35. The third-order valence-electron chi connectivity index (χ3n) is 4.92. The molecule has 1 unspecified atom stereocenters. The number of rotatable bonds is 5. The van der Waals surface area contributed by atoms with Crippen molar-refractivity contribution in [2.75, 3.05) is 6.79 Å². The van der Waals surface area contributed by atoms with Gasteiger partial charge in [0.05, 0.1) is 11.7 Å². The van der Waals surface area contributed by atoms with Crippen molar-refractivity contribution in [1.29, 1.82) is 0 Å². The Morgan fingerprint density at radius 2 is 1.76 bits per heavy atom. The van der Waals surface area contributed by atoms with E-state index in [1.807, 2.05) is 52.0 Å². The second-order valence-corrected chi connectivity index (χ2v) is 7.72. The maximum Gasteiger partial charge on any atom is 0.336 e. The molecule has 152 valence electrons. The predicted octanol–water partition coefficient (Wildman–Crippen LogP) is 4.83. The summed E-state index contributed by atoms with van der Waals surface area (Å²) in [4.78, 5) is 12.3. The molecule has 2 aliphatic heterocycles. The van der Waals surface area contributed by atoms with Gasteiger partial charge in [-0.05, 0) is 55.7 Å². The van der Waals surface area contributed by atoms with E-state index in [0.29, 0.717) is 28.6 Å². The van der Waals surface area contributed by atoms with Gasteiger partial charge in [0.25, 0.3) is 0 Å². The number of carboxylic acid groups (broad SMARTS) is 1. The zero-order chi connectivity index (χ0) is 20.7. The van der Waals surface area contributed by atoms with Gasteiger partial charge in [-0.15, -0.1) is 0 Å². The molecule has 0 fully saturated rings. The average Bonchev–Trinajstić information content (AvgIpc) is 3.13. The van der Waals surface area contributed by atoms with Crippen molar-refractivity contribution in [1.82, 2.24) is 0 Å². The summed E-state index contributed by atoms with van der Waals surface area (Å²) in [5.74, 6) is 1.54. The molecule has 0 aromatic heterocycles. The molecule has 2 aliphatic rings. The molecule has 0 saturated heterocycles. The van der Waals surface area contributed by atoms with Crippen LogP contribution in [-0.2, 0) is 4.79 Å². The molecule has 2 aromatic carbocycles. The summed E-state index contributed by atoms with van der Waals surface area (Å²) in [5.41, 5.74) is 2.44. The number of hydrogen-bond donors (Lipinski definition) is 1. The molecule has 0 aliphatic carbocycles. The monoisotopic (exact) mass is 396 g/mol. The Hall–Kier alpha value is -3.15. The van der Waals surface area contributed by atoms with E-state index >= 15 is 0 Å². The van der Waals surface area contributed by atoms with Gasteiger partial charge in [0, 0.05) is 11.1 Å². The van der Waals surface area contributed by atoms with Gasteiger partial charge in [-0.3, -0.25) is 0 Å². The molecule has 2 heterocycles. The van der Waals surface area contributed by atoms with E-state index in [9.17, 15) is 9.90 Å². The molecule has 29 heavy (non-hydrogen) atoms. The minimum absolute atomic E-state index is 0.0179. The summed E-state index contributed by atoms with van der Waals surface area (Å²) in [6.07, 6.45) is -0.729. The van der Waals surface area contributed by atoms with Crippen molar-refractivity contribution in [2.24, 2.45) is 5.92 Å². The first-order chi connectivity index (χ1) is 13.8. The number of aliphatic carboxylic acids is 1. The van der Waals surface area contributed by atoms with Crippen molar-refractivity contribution in [2.45, 2.75) is 39.9 Å². The highest BCUT2D eigenvalue weighted by Crippen LogP contribution is 2.47. The van der Waals surface area contributed by atoms with Crippen LogP contribution in [0.3, 0.4) is 0 Å². The number of fused-ring (bicyclic) bond motifs is 2. The lowest BCUT2D eigenvalue weighted by atomic mass is 9.83. The molecule has 6 heteroatoms. The topological polar surface area (TPSA) is 74.2 Å². The molecular formula is C23H24O6. The van der Waals surface area contributed by atoms with Crippen LogP contribution in [0.4, 0.5) is 0 Å². The third-order valence-corrected chi connectivity index (χ3v) is 4.92. The molecule has 2 aromatic rings. The predicted molar refractivity (Wildman–Crippen MR) is 108 cm³/mol. The Balaban J connectivity index is 1.86. The van der Waals surface area contributed by atoms with Crippen LogP contribution in [0, 0.1) is 5.92 Å². The Bertz CT molecular complexity index is 989. The Labute approximate surface area is 169 Å². The number of ether oxygens (including phenoxy) is 4.